The van der Waals surface area contributed by atoms with Crippen molar-refractivity contribution in [3.8, 4) is 0 Å². The molecule has 0 aliphatic heterocycles. The average Bonchev–Trinajstić information content (AvgIpc) is 2.93. The largest absolute Gasteiger partial charge is 0.372 e. The Morgan fingerprint density at radius 3 is 2.52 bits per heavy atom. The van der Waals surface area contributed by atoms with E-state index >= 15 is 0 Å². The van der Waals surface area contributed by atoms with Crippen LogP contribution in [0.15, 0.2) is 29.4 Å². The van der Waals surface area contributed by atoms with Gasteiger partial charge in [0.25, 0.3) is 0 Å². The SMILES string of the molecule is CCCCc1n[nH]c(=S)n1/N=C\c1ccc(N(CC)CC)cc1. The molecule has 5 nitrogen and oxygen atoms in total. The van der Waals surface area contributed by atoms with E-state index in [1.54, 1.807) is 4.68 Å². The van der Waals surface area contributed by atoms with Gasteiger partial charge in [-0.2, -0.15) is 14.9 Å². The summed E-state index contributed by atoms with van der Waals surface area (Å²) in [5.41, 5.74) is 2.28. The highest BCUT2D eigenvalue weighted by atomic mass is 32.1. The fourth-order valence-corrected chi connectivity index (χ4v) is 2.62. The fraction of sp³-hybridized carbons (Fsp3) is 0.471. The Kier molecular flexibility index (Phi) is 6.52. The van der Waals surface area contributed by atoms with Gasteiger partial charge in [0.05, 0.1) is 6.21 Å². The minimum Gasteiger partial charge on any atom is -0.372 e. The lowest BCUT2D eigenvalue weighted by Gasteiger charge is -2.20. The molecular formula is C17H25N5S. The van der Waals surface area contributed by atoms with Gasteiger partial charge in [0, 0.05) is 25.2 Å². The Bertz CT molecular complexity index is 680. The molecule has 1 aromatic carbocycles. The van der Waals surface area contributed by atoms with Crippen LogP contribution in [0.25, 0.3) is 0 Å². The van der Waals surface area contributed by atoms with E-state index in [9.17, 15) is 0 Å². The lowest BCUT2D eigenvalue weighted by Crippen LogP contribution is -2.21. The van der Waals surface area contributed by atoms with Crippen LogP contribution in [0.1, 0.15) is 45.0 Å². The number of unbranched alkanes of at least 4 members (excludes halogenated alkanes) is 1. The molecule has 1 heterocycles. The standard InChI is InChI=1S/C17H25N5S/c1-4-7-8-16-19-20-17(23)22(16)18-13-14-9-11-15(12-10-14)21(5-2)6-3/h9-13H,4-8H2,1-3H3,(H,20,23)/b18-13-. The highest BCUT2D eigenvalue weighted by Gasteiger charge is 2.04. The third kappa shape index (κ3) is 4.51. The molecule has 0 atom stereocenters. The molecule has 6 heteroatoms. The van der Waals surface area contributed by atoms with Crippen LogP contribution in [-0.2, 0) is 6.42 Å². The van der Waals surface area contributed by atoms with Gasteiger partial charge in [0.2, 0.25) is 4.77 Å². The molecule has 1 aromatic heterocycles. The lowest BCUT2D eigenvalue weighted by atomic mass is 10.2. The number of H-pyrrole nitrogens is 1. The highest BCUT2D eigenvalue weighted by Crippen LogP contribution is 2.14. The number of nitrogens with zero attached hydrogens (tertiary/aromatic N) is 4. The summed E-state index contributed by atoms with van der Waals surface area (Å²) in [5.74, 6) is 0.882. The van der Waals surface area contributed by atoms with Gasteiger partial charge in [0.15, 0.2) is 5.82 Å². The summed E-state index contributed by atoms with van der Waals surface area (Å²) in [4.78, 5) is 2.32. The van der Waals surface area contributed by atoms with E-state index in [2.05, 4.69) is 65.2 Å². The van der Waals surface area contributed by atoms with Crippen LogP contribution in [0.4, 0.5) is 5.69 Å². The van der Waals surface area contributed by atoms with Gasteiger partial charge in [0.1, 0.15) is 0 Å². The van der Waals surface area contributed by atoms with Gasteiger partial charge < -0.3 is 4.90 Å². The molecule has 124 valence electrons. The van der Waals surface area contributed by atoms with Crippen molar-refractivity contribution in [2.75, 3.05) is 18.0 Å². The van der Waals surface area contributed by atoms with Crippen LogP contribution in [0, 0.1) is 4.77 Å². The second-order valence-electron chi connectivity index (χ2n) is 5.37. The first-order valence-electron chi connectivity index (χ1n) is 8.25. The van der Waals surface area contributed by atoms with E-state index in [0.717, 1.165) is 43.7 Å². The highest BCUT2D eigenvalue weighted by molar-refractivity contribution is 7.71. The maximum absolute atomic E-state index is 5.25. The van der Waals surface area contributed by atoms with Crippen LogP contribution >= 0.6 is 12.2 Å². The summed E-state index contributed by atoms with van der Waals surface area (Å²) in [6.45, 7) is 8.50. The third-order valence-corrected chi connectivity index (χ3v) is 4.08. The van der Waals surface area contributed by atoms with Gasteiger partial charge in [-0.15, -0.1) is 0 Å². The van der Waals surface area contributed by atoms with Crippen molar-refractivity contribution in [3.63, 3.8) is 0 Å². The molecule has 0 radical (unpaired) electrons. The van der Waals surface area contributed by atoms with Crippen molar-refractivity contribution < 1.29 is 0 Å². The number of nitrogens with one attached hydrogen (secondary N) is 1. The molecule has 0 spiro atoms. The molecule has 0 unspecified atom stereocenters. The van der Waals surface area contributed by atoms with Crippen LogP contribution in [0.2, 0.25) is 0 Å². The Labute approximate surface area is 143 Å². The normalized spacial score (nSPS) is 11.3. The molecule has 0 amide bonds. The number of aromatic amines is 1. The first-order chi connectivity index (χ1) is 11.2. The number of rotatable bonds is 8. The molecule has 0 aliphatic rings. The van der Waals surface area contributed by atoms with Gasteiger partial charge >= 0.3 is 0 Å². The Hall–Kier alpha value is -1.95. The quantitative estimate of drug-likeness (QED) is 0.587. The van der Waals surface area contributed by atoms with Crippen molar-refractivity contribution in [1.29, 1.82) is 0 Å². The van der Waals surface area contributed by atoms with Crippen molar-refractivity contribution >= 4 is 24.1 Å². The van der Waals surface area contributed by atoms with Crippen LogP contribution in [-0.4, -0.2) is 34.2 Å². The molecule has 2 rings (SSSR count). The number of hydrogen-bond acceptors (Lipinski definition) is 4. The lowest BCUT2D eigenvalue weighted by molar-refractivity contribution is 0.700. The molecule has 0 saturated heterocycles. The predicted octanol–water partition coefficient (Wildman–Crippen LogP) is 4.01. The zero-order valence-corrected chi connectivity index (χ0v) is 14.9. The van der Waals surface area contributed by atoms with Gasteiger partial charge in [-0.25, -0.2) is 0 Å². The Morgan fingerprint density at radius 1 is 1.22 bits per heavy atom. The second kappa shape index (κ2) is 8.62. The van der Waals surface area contributed by atoms with E-state index in [1.165, 1.54) is 5.69 Å². The zero-order valence-electron chi connectivity index (χ0n) is 14.1. The number of aryl methyl sites for hydroxylation is 1. The maximum atomic E-state index is 5.25. The third-order valence-electron chi connectivity index (χ3n) is 3.82. The van der Waals surface area contributed by atoms with Crippen molar-refractivity contribution in [2.45, 2.75) is 40.0 Å². The topological polar surface area (TPSA) is 49.2 Å². The summed E-state index contributed by atoms with van der Waals surface area (Å²) >= 11 is 5.25. The zero-order chi connectivity index (χ0) is 16.7. The molecule has 1 N–H and O–H groups in total. The van der Waals surface area contributed by atoms with E-state index < -0.39 is 0 Å². The molecule has 0 aliphatic carbocycles. The van der Waals surface area contributed by atoms with E-state index in [-0.39, 0.29) is 0 Å². The minimum atomic E-state index is 0.534. The molecular weight excluding hydrogens is 306 g/mol. The van der Waals surface area contributed by atoms with E-state index in [1.807, 2.05) is 6.21 Å². The maximum Gasteiger partial charge on any atom is 0.216 e. The van der Waals surface area contributed by atoms with Crippen molar-refractivity contribution in [3.05, 3.63) is 40.4 Å². The first-order valence-corrected chi connectivity index (χ1v) is 8.66. The average molecular weight is 331 g/mol. The van der Waals surface area contributed by atoms with Crippen molar-refractivity contribution in [1.82, 2.24) is 14.9 Å². The van der Waals surface area contributed by atoms with E-state index in [0.29, 0.717) is 4.77 Å². The van der Waals surface area contributed by atoms with Crippen LogP contribution in [0.5, 0.6) is 0 Å². The minimum absolute atomic E-state index is 0.534. The van der Waals surface area contributed by atoms with Crippen LogP contribution < -0.4 is 4.90 Å². The second-order valence-corrected chi connectivity index (χ2v) is 5.76. The summed E-state index contributed by atoms with van der Waals surface area (Å²) in [5, 5.41) is 11.6. The molecule has 0 bridgehead atoms. The van der Waals surface area contributed by atoms with Gasteiger partial charge in [-0.3, -0.25) is 5.10 Å². The monoisotopic (exact) mass is 331 g/mol. The molecule has 2 aromatic rings. The fourth-order valence-electron chi connectivity index (χ4n) is 2.42. The van der Waals surface area contributed by atoms with E-state index in [4.69, 9.17) is 12.2 Å². The van der Waals surface area contributed by atoms with Gasteiger partial charge in [-0.05, 0) is 50.2 Å². The summed E-state index contributed by atoms with van der Waals surface area (Å²) in [7, 11) is 0. The smallest absolute Gasteiger partial charge is 0.216 e. The number of aromatic nitrogens is 3. The molecule has 23 heavy (non-hydrogen) atoms. The summed E-state index contributed by atoms with van der Waals surface area (Å²) < 4.78 is 2.25. The summed E-state index contributed by atoms with van der Waals surface area (Å²) in [6, 6.07) is 8.40. The van der Waals surface area contributed by atoms with Gasteiger partial charge in [-0.1, -0.05) is 25.5 Å². The summed E-state index contributed by atoms with van der Waals surface area (Å²) in [6.07, 6.45) is 4.90. The molecule has 0 saturated carbocycles. The number of hydrogen-bond donors (Lipinski definition) is 1. The van der Waals surface area contributed by atoms with Crippen molar-refractivity contribution in [2.24, 2.45) is 5.10 Å². The molecule has 0 fully saturated rings. The number of benzene rings is 1. The Morgan fingerprint density at radius 2 is 1.91 bits per heavy atom. The van der Waals surface area contributed by atoms with Crippen LogP contribution in [0.3, 0.4) is 0 Å². The predicted molar refractivity (Wildman–Crippen MR) is 99.0 cm³/mol. The Balaban J connectivity index is 2.14. The number of anilines is 1. The first kappa shape index (κ1) is 17.4.